The van der Waals surface area contributed by atoms with Gasteiger partial charge >= 0.3 is 0 Å². The number of nitrogens with one attached hydrogen (secondary N) is 2. The summed E-state index contributed by atoms with van der Waals surface area (Å²) in [7, 11) is 0. The van der Waals surface area contributed by atoms with E-state index in [1.54, 1.807) is 0 Å². The van der Waals surface area contributed by atoms with E-state index in [0.29, 0.717) is 11.1 Å². The highest BCUT2D eigenvalue weighted by molar-refractivity contribution is 6.20. The minimum atomic E-state index is -0.116. The standard InChI is InChI=1S/C22H28N2O2/c25-21-17-18(20(24-21)16-13-9-5-6-10-14-16)22(26)23-19(17)15-11-7-3-1-2-4-8-12-15/h11,13H,1-10,12,14H2,(H,23,26)(H,24,25)/b15-11+. The van der Waals surface area contributed by atoms with Gasteiger partial charge in [0.2, 0.25) is 0 Å². The highest BCUT2D eigenvalue weighted by Crippen LogP contribution is 2.38. The summed E-state index contributed by atoms with van der Waals surface area (Å²) in [5.41, 5.74) is 4.99. The van der Waals surface area contributed by atoms with E-state index in [2.05, 4.69) is 22.8 Å². The largest absolute Gasteiger partial charge is 0.321 e. The number of hydrogen-bond acceptors (Lipinski definition) is 2. The molecule has 0 unspecified atom stereocenters. The number of carbonyl (C=O) groups is 2. The Labute approximate surface area is 155 Å². The normalized spacial score (nSPS) is 26.8. The van der Waals surface area contributed by atoms with Crippen LogP contribution in [-0.2, 0) is 9.59 Å². The summed E-state index contributed by atoms with van der Waals surface area (Å²) >= 11 is 0. The SMILES string of the molecule is O=C1NC(/C2=C/CCCCCCC2)=C2C(=O)NC(C3=CCCCCC3)=C12. The highest BCUT2D eigenvalue weighted by Gasteiger charge is 2.41. The molecule has 0 bridgehead atoms. The van der Waals surface area contributed by atoms with Crippen molar-refractivity contribution in [2.75, 3.05) is 0 Å². The molecule has 138 valence electrons. The zero-order valence-corrected chi connectivity index (χ0v) is 15.5. The molecule has 0 spiro atoms. The summed E-state index contributed by atoms with van der Waals surface area (Å²) in [6.07, 6.45) is 18.0. The van der Waals surface area contributed by atoms with E-state index in [0.717, 1.165) is 61.1 Å². The van der Waals surface area contributed by atoms with Gasteiger partial charge in [-0.3, -0.25) is 9.59 Å². The average Bonchev–Trinajstić information content (AvgIpc) is 3.06. The lowest BCUT2D eigenvalue weighted by molar-refractivity contribution is -0.117. The van der Waals surface area contributed by atoms with Crippen molar-refractivity contribution in [3.8, 4) is 0 Å². The first-order valence-electron chi connectivity index (χ1n) is 10.3. The minimum absolute atomic E-state index is 0.116. The van der Waals surface area contributed by atoms with Crippen LogP contribution in [0.3, 0.4) is 0 Å². The summed E-state index contributed by atoms with van der Waals surface area (Å²) in [6, 6.07) is 0. The quantitative estimate of drug-likeness (QED) is 0.778. The van der Waals surface area contributed by atoms with Crippen LogP contribution in [0.1, 0.15) is 77.0 Å². The van der Waals surface area contributed by atoms with Crippen LogP contribution in [0.25, 0.3) is 0 Å². The topological polar surface area (TPSA) is 58.2 Å². The Morgan fingerprint density at radius 1 is 0.577 bits per heavy atom. The maximum Gasteiger partial charge on any atom is 0.258 e. The lowest BCUT2D eigenvalue weighted by Gasteiger charge is -2.11. The summed E-state index contributed by atoms with van der Waals surface area (Å²) in [4.78, 5) is 25.5. The van der Waals surface area contributed by atoms with E-state index in [1.807, 2.05) is 0 Å². The van der Waals surface area contributed by atoms with Gasteiger partial charge in [-0.2, -0.15) is 0 Å². The van der Waals surface area contributed by atoms with Gasteiger partial charge in [0.1, 0.15) is 0 Å². The summed E-state index contributed by atoms with van der Waals surface area (Å²) in [5.74, 6) is -0.233. The molecule has 2 heterocycles. The fourth-order valence-electron chi connectivity index (χ4n) is 4.50. The zero-order valence-electron chi connectivity index (χ0n) is 15.5. The molecule has 0 fully saturated rings. The van der Waals surface area contributed by atoms with Crippen molar-refractivity contribution < 1.29 is 9.59 Å². The summed E-state index contributed by atoms with van der Waals surface area (Å²) in [5, 5.41) is 6.06. The smallest absolute Gasteiger partial charge is 0.258 e. The molecule has 0 atom stereocenters. The molecule has 0 saturated carbocycles. The van der Waals surface area contributed by atoms with Crippen LogP contribution in [0.15, 0.2) is 45.8 Å². The molecule has 2 aliphatic heterocycles. The van der Waals surface area contributed by atoms with E-state index in [-0.39, 0.29) is 11.8 Å². The molecule has 4 rings (SSSR count). The second-order valence-electron chi connectivity index (χ2n) is 7.77. The number of allylic oxidation sites excluding steroid dienone is 4. The van der Waals surface area contributed by atoms with Gasteiger partial charge < -0.3 is 10.6 Å². The van der Waals surface area contributed by atoms with Gasteiger partial charge in [0.15, 0.2) is 0 Å². The van der Waals surface area contributed by atoms with Crippen molar-refractivity contribution in [2.45, 2.75) is 77.0 Å². The number of hydrogen-bond donors (Lipinski definition) is 2. The maximum absolute atomic E-state index is 12.8. The Hall–Kier alpha value is -2.10. The Balaban J connectivity index is 1.72. The molecule has 0 radical (unpaired) electrons. The minimum Gasteiger partial charge on any atom is -0.321 e. The monoisotopic (exact) mass is 352 g/mol. The Morgan fingerprint density at radius 2 is 1.00 bits per heavy atom. The Morgan fingerprint density at radius 3 is 1.54 bits per heavy atom. The Kier molecular flexibility index (Phi) is 5.09. The predicted molar refractivity (Wildman–Crippen MR) is 102 cm³/mol. The van der Waals surface area contributed by atoms with E-state index in [4.69, 9.17) is 0 Å². The van der Waals surface area contributed by atoms with Gasteiger partial charge in [-0.15, -0.1) is 0 Å². The van der Waals surface area contributed by atoms with Crippen molar-refractivity contribution in [1.29, 1.82) is 0 Å². The number of fused-ring (bicyclic) bond motifs is 1. The van der Waals surface area contributed by atoms with Gasteiger partial charge in [0.25, 0.3) is 11.8 Å². The second kappa shape index (κ2) is 7.65. The summed E-state index contributed by atoms with van der Waals surface area (Å²) in [6.45, 7) is 0. The average molecular weight is 352 g/mol. The number of rotatable bonds is 2. The van der Waals surface area contributed by atoms with Crippen molar-refractivity contribution in [2.24, 2.45) is 0 Å². The van der Waals surface area contributed by atoms with Crippen molar-refractivity contribution in [1.82, 2.24) is 10.6 Å². The Bertz CT molecular complexity index is 752. The van der Waals surface area contributed by atoms with E-state index in [9.17, 15) is 9.59 Å². The fraction of sp³-hybridized carbons (Fsp3) is 0.545. The van der Waals surface area contributed by atoms with Crippen LogP contribution in [0.5, 0.6) is 0 Å². The van der Waals surface area contributed by atoms with Gasteiger partial charge in [0, 0.05) is 0 Å². The fourth-order valence-corrected chi connectivity index (χ4v) is 4.50. The van der Waals surface area contributed by atoms with Crippen LogP contribution < -0.4 is 10.6 Å². The molecule has 2 aliphatic carbocycles. The molecular weight excluding hydrogens is 324 g/mol. The highest BCUT2D eigenvalue weighted by atomic mass is 16.2. The first-order valence-corrected chi connectivity index (χ1v) is 10.3. The first-order chi connectivity index (χ1) is 12.8. The zero-order chi connectivity index (χ0) is 17.9. The molecular formula is C22H28N2O2. The van der Waals surface area contributed by atoms with Crippen LogP contribution in [0, 0.1) is 0 Å². The third kappa shape index (κ3) is 3.29. The molecule has 4 aliphatic rings. The number of amides is 2. The number of carbonyl (C=O) groups excluding carboxylic acids is 2. The van der Waals surface area contributed by atoms with Gasteiger partial charge in [0.05, 0.1) is 22.5 Å². The van der Waals surface area contributed by atoms with Gasteiger partial charge in [-0.05, 0) is 62.5 Å². The van der Waals surface area contributed by atoms with Crippen LogP contribution in [0.4, 0.5) is 0 Å². The van der Waals surface area contributed by atoms with E-state index >= 15 is 0 Å². The van der Waals surface area contributed by atoms with E-state index in [1.165, 1.54) is 38.5 Å². The molecule has 2 N–H and O–H groups in total. The van der Waals surface area contributed by atoms with Crippen molar-refractivity contribution >= 4 is 11.8 Å². The molecule has 0 aromatic carbocycles. The molecule has 4 nitrogen and oxygen atoms in total. The molecule has 0 saturated heterocycles. The predicted octanol–water partition coefficient (Wildman–Crippen LogP) is 4.32. The second-order valence-corrected chi connectivity index (χ2v) is 7.77. The third-order valence-corrected chi connectivity index (χ3v) is 5.91. The maximum atomic E-state index is 12.8. The van der Waals surface area contributed by atoms with Gasteiger partial charge in [-0.25, -0.2) is 0 Å². The summed E-state index contributed by atoms with van der Waals surface area (Å²) < 4.78 is 0. The third-order valence-electron chi connectivity index (χ3n) is 5.91. The van der Waals surface area contributed by atoms with Crippen LogP contribution >= 0.6 is 0 Å². The van der Waals surface area contributed by atoms with Gasteiger partial charge in [-0.1, -0.05) is 37.8 Å². The lowest BCUT2D eigenvalue weighted by atomic mass is 9.98. The van der Waals surface area contributed by atoms with Crippen molar-refractivity contribution in [3.05, 3.63) is 45.8 Å². The molecule has 0 aromatic rings. The van der Waals surface area contributed by atoms with Crippen LogP contribution in [-0.4, -0.2) is 11.8 Å². The van der Waals surface area contributed by atoms with Crippen LogP contribution in [0.2, 0.25) is 0 Å². The molecule has 4 heteroatoms. The molecule has 2 amide bonds. The molecule has 0 aromatic heterocycles. The van der Waals surface area contributed by atoms with Crippen molar-refractivity contribution in [3.63, 3.8) is 0 Å². The first kappa shape index (κ1) is 17.3. The lowest BCUT2D eigenvalue weighted by Crippen LogP contribution is -2.24. The van der Waals surface area contributed by atoms with E-state index < -0.39 is 0 Å². The molecule has 26 heavy (non-hydrogen) atoms.